The van der Waals surface area contributed by atoms with Crippen molar-refractivity contribution in [2.75, 3.05) is 13.6 Å². The third-order valence-corrected chi connectivity index (χ3v) is 3.36. The zero-order chi connectivity index (χ0) is 11.0. The molecule has 0 amide bonds. The Morgan fingerprint density at radius 3 is 2.60 bits per heavy atom. The SMILES string of the molecule is Cc1ccc(C2CC(N)CN2C)c(C)c1. The Labute approximate surface area is 92.1 Å². The number of likely N-dealkylation sites (N-methyl/N-ethyl adjacent to an activating group) is 1. The molecule has 0 spiro atoms. The first-order chi connectivity index (χ1) is 7.08. The molecule has 0 aliphatic carbocycles. The summed E-state index contributed by atoms with van der Waals surface area (Å²) in [5.41, 5.74) is 10.2. The molecule has 1 aromatic carbocycles. The number of hydrogen-bond acceptors (Lipinski definition) is 2. The van der Waals surface area contributed by atoms with E-state index in [0.717, 1.165) is 13.0 Å². The number of nitrogens with two attached hydrogens (primary N) is 1. The minimum Gasteiger partial charge on any atom is -0.326 e. The van der Waals surface area contributed by atoms with Gasteiger partial charge in [-0.3, -0.25) is 4.90 Å². The van der Waals surface area contributed by atoms with Gasteiger partial charge in [0.15, 0.2) is 0 Å². The fourth-order valence-electron chi connectivity index (χ4n) is 2.60. The van der Waals surface area contributed by atoms with Crippen LogP contribution in [0.25, 0.3) is 0 Å². The first kappa shape index (κ1) is 10.7. The Morgan fingerprint density at radius 2 is 2.07 bits per heavy atom. The first-order valence-electron chi connectivity index (χ1n) is 5.61. The van der Waals surface area contributed by atoms with Gasteiger partial charge in [0.2, 0.25) is 0 Å². The van der Waals surface area contributed by atoms with Crippen LogP contribution in [0.3, 0.4) is 0 Å². The van der Waals surface area contributed by atoms with Crippen molar-refractivity contribution in [2.24, 2.45) is 5.73 Å². The maximum Gasteiger partial charge on any atom is 0.0363 e. The van der Waals surface area contributed by atoms with Crippen molar-refractivity contribution >= 4 is 0 Å². The van der Waals surface area contributed by atoms with E-state index < -0.39 is 0 Å². The maximum absolute atomic E-state index is 5.99. The molecule has 2 rings (SSSR count). The van der Waals surface area contributed by atoms with Crippen LogP contribution in [-0.4, -0.2) is 24.5 Å². The fourth-order valence-corrected chi connectivity index (χ4v) is 2.60. The van der Waals surface area contributed by atoms with Crippen LogP contribution in [0.4, 0.5) is 0 Å². The molecule has 2 heteroatoms. The van der Waals surface area contributed by atoms with Gasteiger partial charge >= 0.3 is 0 Å². The summed E-state index contributed by atoms with van der Waals surface area (Å²) in [5, 5.41) is 0. The topological polar surface area (TPSA) is 29.3 Å². The van der Waals surface area contributed by atoms with Gasteiger partial charge in [-0.1, -0.05) is 23.8 Å². The van der Waals surface area contributed by atoms with Crippen molar-refractivity contribution in [1.82, 2.24) is 4.90 Å². The third kappa shape index (κ3) is 2.06. The molecule has 1 saturated heterocycles. The molecule has 2 N–H and O–H groups in total. The number of likely N-dealkylation sites (tertiary alicyclic amines) is 1. The average Bonchev–Trinajstić information content (AvgIpc) is 2.45. The minimum absolute atomic E-state index is 0.334. The summed E-state index contributed by atoms with van der Waals surface area (Å²) in [6.45, 7) is 5.35. The quantitative estimate of drug-likeness (QED) is 0.758. The van der Waals surface area contributed by atoms with Gasteiger partial charge in [-0.2, -0.15) is 0 Å². The summed E-state index contributed by atoms with van der Waals surface area (Å²) in [5.74, 6) is 0. The Hall–Kier alpha value is -0.860. The second-order valence-electron chi connectivity index (χ2n) is 4.81. The molecule has 2 nitrogen and oxygen atoms in total. The maximum atomic E-state index is 5.99. The largest absolute Gasteiger partial charge is 0.326 e. The van der Waals surface area contributed by atoms with Gasteiger partial charge < -0.3 is 5.73 Å². The summed E-state index contributed by atoms with van der Waals surface area (Å²) in [7, 11) is 2.16. The molecular formula is C13H20N2. The Bertz CT molecular complexity index is 360. The molecule has 2 unspecified atom stereocenters. The second-order valence-corrected chi connectivity index (χ2v) is 4.81. The summed E-state index contributed by atoms with van der Waals surface area (Å²) >= 11 is 0. The number of rotatable bonds is 1. The van der Waals surface area contributed by atoms with Gasteiger partial charge in [0.05, 0.1) is 0 Å². The van der Waals surface area contributed by atoms with E-state index in [1.807, 2.05) is 0 Å². The third-order valence-electron chi connectivity index (χ3n) is 3.36. The molecule has 1 aliphatic heterocycles. The zero-order valence-corrected chi connectivity index (χ0v) is 9.83. The lowest BCUT2D eigenvalue weighted by atomic mass is 9.97. The fraction of sp³-hybridized carbons (Fsp3) is 0.538. The number of nitrogens with zero attached hydrogens (tertiary/aromatic N) is 1. The predicted octanol–water partition coefficient (Wildman–Crippen LogP) is 2.01. The molecule has 82 valence electrons. The lowest BCUT2D eigenvalue weighted by Gasteiger charge is -2.21. The molecule has 1 fully saturated rings. The Kier molecular flexibility index (Phi) is 2.81. The smallest absolute Gasteiger partial charge is 0.0363 e. The second kappa shape index (κ2) is 3.95. The van der Waals surface area contributed by atoms with Crippen LogP contribution < -0.4 is 5.73 Å². The van der Waals surface area contributed by atoms with E-state index in [2.05, 4.69) is 44.0 Å². The van der Waals surface area contributed by atoms with Crippen LogP contribution in [0.1, 0.15) is 29.2 Å². The van der Waals surface area contributed by atoms with Gasteiger partial charge in [-0.25, -0.2) is 0 Å². The normalized spacial score (nSPS) is 27.2. The van der Waals surface area contributed by atoms with Gasteiger partial charge in [-0.05, 0) is 38.4 Å². The van der Waals surface area contributed by atoms with Crippen LogP contribution in [0.15, 0.2) is 18.2 Å². The van der Waals surface area contributed by atoms with E-state index in [-0.39, 0.29) is 0 Å². The zero-order valence-electron chi connectivity index (χ0n) is 9.83. The lowest BCUT2D eigenvalue weighted by molar-refractivity contribution is 0.315. The van der Waals surface area contributed by atoms with Gasteiger partial charge in [0.1, 0.15) is 0 Å². The average molecular weight is 204 g/mol. The molecule has 15 heavy (non-hydrogen) atoms. The van der Waals surface area contributed by atoms with Gasteiger partial charge in [0, 0.05) is 18.6 Å². The van der Waals surface area contributed by atoms with Gasteiger partial charge in [0.25, 0.3) is 0 Å². The highest BCUT2D eigenvalue weighted by atomic mass is 15.2. The van der Waals surface area contributed by atoms with Crippen molar-refractivity contribution in [3.05, 3.63) is 34.9 Å². The minimum atomic E-state index is 0.334. The molecule has 0 bridgehead atoms. The van der Waals surface area contributed by atoms with E-state index in [4.69, 9.17) is 5.73 Å². The molecule has 0 saturated carbocycles. The van der Waals surface area contributed by atoms with Crippen molar-refractivity contribution < 1.29 is 0 Å². The van der Waals surface area contributed by atoms with E-state index in [0.29, 0.717) is 12.1 Å². The van der Waals surface area contributed by atoms with Crippen LogP contribution in [0.5, 0.6) is 0 Å². The van der Waals surface area contributed by atoms with Crippen molar-refractivity contribution in [3.8, 4) is 0 Å². The summed E-state index contributed by atoms with van der Waals surface area (Å²) < 4.78 is 0. The van der Waals surface area contributed by atoms with Crippen LogP contribution >= 0.6 is 0 Å². The van der Waals surface area contributed by atoms with E-state index in [1.165, 1.54) is 16.7 Å². The van der Waals surface area contributed by atoms with Crippen LogP contribution in [0.2, 0.25) is 0 Å². The summed E-state index contributed by atoms with van der Waals surface area (Å²) in [4.78, 5) is 2.36. The highest BCUT2D eigenvalue weighted by Gasteiger charge is 2.28. The van der Waals surface area contributed by atoms with Gasteiger partial charge in [-0.15, -0.1) is 0 Å². The summed E-state index contributed by atoms with van der Waals surface area (Å²) in [6, 6.07) is 7.55. The standard InChI is InChI=1S/C13H20N2/c1-9-4-5-12(10(2)6-9)13-7-11(14)8-15(13)3/h4-6,11,13H,7-8,14H2,1-3H3. The number of hydrogen-bond donors (Lipinski definition) is 1. The van der Waals surface area contributed by atoms with E-state index in [9.17, 15) is 0 Å². The Morgan fingerprint density at radius 1 is 1.33 bits per heavy atom. The Balaban J connectivity index is 2.29. The highest BCUT2D eigenvalue weighted by molar-refractivity contribution is 5.33. The van der Waals surface area contributed by atoms with E-state index >= 15 is 0 Å². The number of benzene rings is 1. The van der Waals surface area contributed by atoms with Crippen molar-refractivity contribution in [1.29, 1.82) is 0 Å². The highest BCUT2D eigenvalue weighted by Crippen LogP contribution is 2.31. The molecule has 2 atom stereocenters. The van der Waals surface area contributed by atoms with Crippen LogP contribution in [0, 0.1) is 13.8 Å². The number of aryl methyl sites for hydroxylation is 2. The first-order valence-corrected chi connectivity index (χ1v) is 5.61. The molecular weight excluding hydrogens is 184 g/mol. The summed E-state index contributed by atoms with van der Waals surface area (Å²) in [6.07, 6.45) is 1.08. The molecule has 1 heterocycles. The lowest BCUT2D eigenvalue weighted by Crippen LogP contribution is -2.24. The predicted molar refractivity (Wildman–Crippen MR) is 63.9 cm³/mol. The molecule has 0 radical (unpaired) electrons. The molecule has 1 aromatic rings. The van der Waals surface area contributed by atoms with Crippen LogP contribution in [-0.2, 0) is 0 Å². The molecule has 1 aliphatic rings. The monoisotopic (exact) mass is 204 g/mol. The van der Waals surface area contributed by atoms with Crippen molar-refractivity contribution in [2.45, 2.75) is 32.4 Å². The van der Waals surface area contributed by atoms with E-state index in [1.54, 1.807) is 0 Å². The molecule has 0 aromatic heterocycles. The van der Waals surface area contributed by atoms with Crippen molar-refractivity contribution in [3.63, 3.8) is 0 Å².